The number of carbonyl (C=O) groups excluding carboxylic acids is 1. The highest BCUT2D eigenvalue weighted by atomic mass is 35.5. The lowest BCUT2D eigenvalue weighted by Gasteiger charge is -2.22. The lowest BCUT2D eigenvalue weighted by molar-refractivity contribution is -0.140. The van der Waals surface area contributed by atoms with Crippen molar-refractivity contribution in [3.05, 3.63) is 0 Å². The molecular formula is C8H14ClF3N2O2. The van der Waals surface area contributed by atoms with Crippen molar-refractivity contribution in [3.8, 4) is 0 Å². The first-order valence-corrected chi connectivity index (χ1v) is 4.66. The summed E-state index contributed by atoms with van der Waals surface area (Å²) in [5, 5.41) is 5.10. The zero-order valence-corrected chi connectivity index (χ0v) is 9.29. The number of halogens is 4. The van der Waals surface area contributed by atoms with Gasteiger partial charge in [-0.25, -0.2) is 0 Å². The molecular weight excluding hydrogens is 249 g/mol. The Labute approximate surface area is 97.3 Å². The molecule has 0 aromatic rings. The number of ether oxygens (including phenoxy) is 1. The Morgan fingerprint density at radius 2 is 2.19 bits per heavy atom. The van der Waals surface area contributed by atoms with Crippen molar-refractivity contribution in [2.75, 3.05) is 26.2 Å². The van der Waals surface area contributed by atoms with Crippen molar-refractivity contribution in [2.45, 2.75) is 18.7 Å². The summed E-state index contributed by atoms with van der Waals surface area (Å²) in [5.74, 6) is -0.494. The van der Waals surface area contributed by atoms with E-state index in [1.165, 1.54) is 0 Å². The van der Waals surface area contributed by atoms with Gasteiger partial charge in [0.2, 0.25) is 5.91 Å². The molecule has 1 heterocycles. The summed E-state index contributed by atoms with van der Waals surface area (Å²) < 4.78 is 40.3. The Morgan fingerprint density at radius 3 is 2.69 bits per heavy atom. The van der Waals surface area contributed by atoms with E-state index in [0.717, 1.165) is 0 Å². The maximum atomic E-state index is 11.8. The van der Waals surface area contributed by atoms with E-state index in [0.29, 0.717) is 19.7 Å². The minimum atomic E-state index is -4.24. The molecule has 96 valence electrons. The molecule has 0 aromatic carbocycles. The van der Waals surface area contributed by atoms with Crippen LogP contribution in [0.2, 0.25) is 0 Å². The van der Waals surface area contributed by atoms with E-state index in [1.807, 2.05) is 0 Å². The molecule has 16 heavy (non-hydrogen) atoms. The molecule has 1 aliphatic rings. The summed E-state index contributed by atoms with van der Waals surface area (Å²) in [5.41, 5.74) is 0. The number of amides is 1. The van der Waals surface area contributed by atoms with Gasteiger partial charge in [-0.1, -0.05) is 0 Å². The largest absolute Gasteiger partial charge is 0.390 e. The van der Waals surface area contributed by atoms with Gasteiger partial charge in [0.05, 0.1) is 13.0 Å². The Kier molecular flexibility index (Phi) is 6.70. The Hall–Kier alpha value is -0.530. The molecule has 8 heteroatoms. The molecule has 1 amide bonds. The summed E-state index contributed by atoms with van der Waals surface area (Å²) >= 11 is 0. The maximum absolute atomic E-state index is 11.8. The van der Waals surface area contributed by atoms with Crippen LogP contribution in [0, 0.1) is 0 Å². The number of morpholine rings is 1. The molecule has 0 aromatic heterocycles. The van der Waals surface area contributed by atoms with Crippen LogP contribution >= 0.6 is 12.4 Å². The van der Waals surface area contributed by atoms with Gasteiger partial charge in [0, 0.05) is 19.6 Å². The first kappa shape index (κ1) is 15.5. The fourth-order valence-corrected chi connectivity index (χ4v) is 1.18. The molecule has 1 saturated heterocycles. The average Bonchev–Trinajstić information content (AvgIpc) is 2.17. The number of carbonyl (C=O) groups is 1. The Bertz CT molecular complexity index is 220. The van der Waals surface area contributed by atoms with Crippen molar-refractivity contribution in [2.24, 2.45) is 0 Å². The summed E-state index contributed by atoms with van der Waals surface area (Å²) in [4.78, 5) is 11.2. The van der Waals surface area contributed by atoms with Crippen LogP contribution in [0.4, 0.5) is 13.2 Å². The highest BCUT2D eigenvalue weighted by Crippen LogP contribution is 2.18. The van der Waals surface area contributed by atoms with Gasteiger partial charge in [-0.05, 0) is 0 Å². The zero-order valence-electron chi connectivity index (χ0n) is 8.47. The van der Waals surface area contributed by atoms with Crippen molar-refractivity contribution in [1.82, 2.24) is 10.6 Å². The average molecular weight is 263 g/mol. The van der Waals surface area contributed by atoms with Crippen LogP contribution in [0.1, 0.15) is 6.42 Å². The van der Waals surface area contributed by atoms with Crippen molar-refractivity contribution in [1.29, 1.82) is 0 Å². The van der Waals surface area contributed by atoms with E-state index in [4.69, 9.17) is 4.74 Å². The van der Waals surface area contributed by atoms with E-state index >= 15 is 0 Å². The topological polar surface area (TPSA) is 50.4 Å². The summed E-state index contributed by atoms with van der Waals surface area (Å²) in [7, 11) is 0. The maximum Gasteiger partial charge on any atom is 0.390 e. The molecule has 1 unspecified atom stereocenters. The van der Waals surface area contributed by atoms with Gasteiger partial charge in [0.15, 0.2) is 0 Å². The minimum absolute atomic E-state index is 0. The Morgan fingerprint density at radius 1 is 1.50 bits per heavy atom. The monoisotopic (exact) mass is 262 g/mol. The predicted octanol–water partition coefficient (Wildman–Crippen LogP) is 0.465. The van der Waals surface area contributed by atoms with Gasteiger partial charge in [0.1, 0.15) is 6.10 Å². The third kappa shape index (κ3) is 6.14. The van der Waals surface area contributed by atoms with Crippen LogP contribution in [0.15, 0.2) is 0 Å². The number of hydrogen-bond acceptors (Lipinski definition) is 3. The van der Waals surface area contributed by atoms with Crippen molar-refractivity contribution < 1.29 is 22.7 Å². The van der Waals surface area contributed by atoms with Crippen LogP contribution in [0.3, 0.4) is 0 Å². The quantitative estimate of drug-likeness (QED) is 0.777. The number of nitrogens with one attached hydrogen (secondary N) is 2. The van der Waals surface area contributed by atoms with Crippen molar-refractivity contribution in [3.63, 3.8) is 0 Å². The molecule has 0 bridgehead atoms. The van der Waals surface area contributed by atoms with E-state index < -0.39 is 31.2 Å². The van der Waals surface area contributed by atoms with Gasteiger partial charge in [-0.3, -0.25) is 4.79 Å². The fourth-order valence-electron chi connectivity index (χ4n) is 1.18. The molecule has 0 saturated carbocycles. The van der Waals surface area contributed by atoms with E-state index in [2.05, 4.69) is 10.6 Å². The summed E-state index contributed by atoms with van der Waals surface area (Å²) in [6.07, 6.45) is -5.93. The van der Waals surface area contributed by atoms with Crippen LogP contribution in [0.25, 0.3) is 0 Å². The summed E-state index contributed by atoms with van der Waals surface area (Å²) in [6.45, 7) is 1.00. The standard InChI is InChI=1S/C8H13F3N2O2.ClH/c9-8(10,11)1-2-13-7(14)6-5-12-3-4-15-6;/h6,12H,1-5H2,(H,13,14);1H. The smallest absolute Gasteiger partial charge is 0.366 e. The fraction of sp³-hybridized carbons (Fsp3) is 0.875. The molecule has 0 spiro atoms. The number of rotatable bonds is 3. The molecule has 1 rings (SSSR count). The SMILES string of the molecule is Cl.O=C(NCCC(F)(F)F)C1CNCCO1. The second-order valence-corrected chi connectivity index (χ2v) is 3.22. The van der Waals surface area contributed by atoms with E-state index in [1.54, 1.807) is 0 Å². The normalized spacial score (nSPS) is 21.1. The molecule has 4 nitrogen and oxygen atoms in total. The van der Waals surface area contributed by atoms with Crippen LogP contribution < -0.4 is 10.6 Å². The first-order valence-electron chi connectivity index (χ1n) is 4.66. The van der Waals surface area contributed by atoms with Gasteiger partial charge in [-0.2, -0.15) is 13.2 Å². The number of alkyl halides is 3. The van der Waals surface area contributed by atoms with E-state index in [9.17, 15) is 18.0 Å². The lowest BCUT2D eigenvalue weighted by atomic mass is 10.3. The molecule has 1 aliphatic heterocycles. The van der Waals surface area contributed by atoms with Crippen molar-refractivity contribution >= 4 is 18.3 Å². The highest BCUT2D eigenvalue weighted by Gasteiger charge is 2.28. The van der Waals surface area contributed by atoms with Crippen LogP contribution in [-0.2, 0) is 9.53 Å². The molecule has 1 atom stereocenters. The van der Waals surface area contributed by atoms with Gasteiger partial charge < -0.3 is 15.4 Å². The second-order valence-electron chi connectivity index (χ2n) is 3.22. The molecule has 1 fully saturated rings. The minimum Gasteiger partial charge on any atom is -0.366 e. The molecule has 0 radical (unpaired) electrons. The van der Waals surface area contributed by atoms with Gasteiger partial charge in [0.25, 0.3) is 0 Å². The zero-order chi connectivity index (χ0) is 11.3. The van der Waals surface area contributed by atoms with Crippen LogP contribution in [0.5, 0.6) is 0 Å². The van der Waals surface area contributed by atoms with Gasteiger partial charge >= 0.3 is 6.18 Å². The molecule has 2 N–H and O–H groups in total. The van der Waals surface area contributed by atoms with E-state index in [-0.39, 0.29) is 12.4 Å². The highest BCUT2D eigenvalue weighted by molar-refractivity contribution is 5.85. The molecule has 0 aliphatic carbocycles. The van der Waals surface area contributed by atoms with Crippen LogP contribution in [-0.4, -0.2) is 44.4 Å². The lowest BCUT2D eigenvalue weighted by Crippen LogP contribution is -2.48. The number of hydrogen-bond donors (Lipinski definition) is 2. The first-order chi connectivity index (χ1) is 6.99. The third-order valence-corrected chi connectivity index (χ3v) is 1.93. The predicted molar refractivity (Wildman–Crippen MR) is 53.5 cm³/mol. The van der Waals surface area contributed by atoms with Gasteiger partial charge in [-0.15, -0.1) is 12.4 Å². The third-order valence-electron chi connectivity index (χ3n) is 1.93. The second kappa shape index (κ2) is 6.93. The Balaban J connectivity index is 0.00000225. The summed E-state index contributed by atoms with van der Waals surface area (Å²) in [6, 6.07) is 0.